The quantitative estimate of drug-likeness (QED) is 0.763. The van der Waals surface area contributed by atoms with Gasteiger partial charge < -0.3 is 5.73 Å². The van der Waals surface area contributed by atoms with Crippen molar-refractivity contribution in [1.82, 2.24) is 5.01 Å². The third-order valence-electron chi connectivity index (χ3n) is 3.56. The molecular weight excluding hydrogens is 382 g/mol. The third kappa shape index (κ3) is 3.02. The van der Waals surface area contributed by atoms with E-state index in [9.17, 15) is 0 Å². The van der Waals surface area contributed by atoms with Gasteiger partial charge in [-0.3, -0.25) is 0 Å². The molecule has 2 aromatic carbocycles. The molecule has 2 N–H and O–H groups in total. The molecule has 3 nitrogen and oxygen atoms in total. The Kier molecular flexibility index (Phi) is 4.47. The number of rotatable bonds is 2. The van der Waals surface area contributed by atoms with Crippen LogP contribution in [0.2, 0.25) is 5.02 Å². The minimum absolute atomic E-state index is 0.0693. The maximum Gasteiger partial charge on any atom is 0.187 e. The van der Waals surface area contributed by atoms with Crippen molar-refractivity contribution in [3.63, 3.8) is 0 Å². The zero-order valence-corrected chi connectivity index (χ0v) is 14.7. The van der Waals surface area contributed by atoms with Gasteiger partial charge in [0.15, 0.2) is 5.11 Å². The molecule has 0 radical (unpaired) electrons. The number of halogens is 2. The first kappa shape index (κ1) is 15.5. The highest BCUT2D eigenvalue weighted by Gasteiger charge is 2.31. The largest absolute Gasteiger partial charge is 0.375 e. The van der Waals surface area contributed by atoms with E-state index in [0.29, 0.717) is 11.4 Å². The van der Waals surface area contributed by atoms with Crippen molar-refractivity contribution in [2.75, 3.05) is 0 Å². The van der Waals surface area contributed by atoms with Gasteiger partial charge in [0, 0.05) is 15.9 Å². The second kappa shape index (κ2) is 6.36. The second-order valence-corrected chi connectivity index (χ2v) is 6.72. The van der Waals surface area contributed by atoms with Gasteiger partial charge >= 0.3 is 0 Å². The lowest BCUT2D eigenvalue weighted by Crippen LogP contribution is -2.31. The van der Waals surface area contributed by atoms with Crippen LogP contribution in [0, 0.1) is 0 Å². The summed E-state index contributed by atoms with van der Waals surface area (Å²) in [5, 5.41) is 7.21. The first-order chi connectivity index (χ1) is 10.6. The fourth-order valence-corrected chi connectivity index (χ4v) is 3.37. The summed E-state index contributed by atoms with van der Waals surface area (Å²) in [5.74, 6) is 0. The molecule has 0 spiro atoms. The van der Waals surface area contributed by atoms with Gasteiger partial charge in [-0.25, -0.2) is 5.01 Å². The molecule has 6 heteroatoms. The van der Waals surface area contributed by atoms with E-state index in [1.54, 1.807) is 5.01 Å². The van der Waals surface area contributed by atoms with Gasteiger partial charge in [0.1, 0.15) is 0 Å². The fraction of sp³-hybridized carbons (Fsp3) is 0.125. The van der Waals surface area contributed by atoms with Crippen LogP contribution in [-0.2, 0) is 0 Å². The molecule has 0 aliphatic carbocycles. The predicted octanol–water partition coefficient (Wildman–Crippen LogP) is 4.50. The third-order valence-corrected chi connectivity index (χ3v) is 4.58. The van der Waals surface area contributed by atoms with Crippen LogP contribution in [0.1, 0.15) is 23.6 Å². The van der Waals surface area contributed by atoms with E-state index in [1.807, 2.05) is 48.5 Å². The summed E-state index contributed by atoms with van der Waals surface area (Å²) in [6.07, 6.45) is 0.706. The van der Waals surface area contributed by atoms with Crippen molar-refractivity contribution in [3.05, 3.63) is 69.2 Å². The van der Waals surface area contributed by atoms with Crippen molar-refractivity contribution in [3.8, 4) is 0 Å². The lowest BCUT2D eigenvalue weighted by Gasteiger charge is -2.22. The Hall–Kier alpha value is -1.43. The lowest BCUT2D eigenvalue weighted by atomic mass is 9.98. The highest BCUT2D eigenvalue weighted by Crippen LogP contribution is 2.36. The summed E-state index contributed by atoms with van der Waals surface area (Å²) in [4.78, 5) is 0. The maximum absolute atomic E-state index is 6.32. The first-order valence-corrected chi connectivity index (χ1v) is 8.30. The fourth-order valence-electron chi connectivity index (χ4n) is 2.54. The molecule has 112 valence electrons. The molecule has 0 amide bonds. The molecule has 0 aromatic heterocycles. The lowest BCUT2D eigenvalue weighted by molar-refractivity contribution is 0.373. The summed E-state index contributed by atoms with van der Waals surface area (Å²) in [6, 6.07) is 15.7. The highest BCUT2D eigenvalue weighted by atomic mass is 79.9. The van der Waals surface area contributed by atoms with Gasteiger partial charge in [0.25, 0.3) is 0 Å². The van der Waals surface area contributed by atoms with Crippen LogP contribution in [0.3, 0.4) is 0 Å². The molecule has 1 heterocycles. The van der Waals surface area contributed by atoms with E-state index in [1.165, 1.54) is 0 Å². The molecule has 1 aliphatic rings. The average Bonchev–Trinajstić information content (AvgIpc) is 2.93. The Morgan fingerprint density at radius 2 is 2.05 bits per heavy atom. The zero-order chi connectivity index (χ0) is 15.7. The summed E-state index contributed by atoms with van der Waals surface area (Å²) >= 11 is 15.0. The Morgan fingerprint density at radius 1 is 1.27 bits per heavy atom. The summed E-state index contributed by atoms with van der Waals surface area (Å²) < 4.78 is 1.01. The molecule has 0 saturated carbocycles. The molecule has 0 fully saturated rings. The number of hydrogen-bond acceptors (Lipinski definition) is 2. The number of nitrogens with zero attached hydrogens (tertiary/aromatic N) is 2. The number of hydrazone groups is 1. The van der Waals surface area contributed by atoms with Crippen LogP contribution in [0.15, 0.2) is 58.1 Å². The Bertz CT molecular complexity index is 763. The summed E-state index contributed by atoms with van der Waals surface area (Å²) in [5.41, 5.74) is 8.81. The van der Waals surface area contributed by atoms with E-state index in [2.05, 4.69) is 21.0 Å². The molecule has 22 heavy (non-hydrogen) atoms. The van der Waals surface area contributed by atoms with E-state index >= 15 is 0 Å². The zero-order valence-electron chi connectivity index (χ0n) is 11.5. The van der Waals surface area contributed by atoms with Crippen LogP contribution in [0.25, 0.3) is 0 Å². The SMILES string of the molecule is NC(=S)N1N=C(c2cccc(Br)c2)CC1c1ccccc1Cl. The number of thiocarbonyl (C=S) groups is 1. The minimum Gasteiger partial charge on any atom is -0.375 e. The van der Waals surface area contributed by atoms with E-state index in [-0.39, 0.29) is 11.2 Å². The smallest absolute Gasteiger partial charge is 0.187 e. The molecule has 2 aromatic rings. The van der Waals surface area contributed by atoms with Crippen LogP contribution in [0.4, 0.5) is 0 Å². The maximum atomic E-state index is 6.32. The molecule has 0 bridgehead atoms. The normalized spacial score (nSPS) is 17.5. The van der Waals surface area contributed by atoms with Gasteiger partial charge in [0.2, 0.25) is 0 Å². The predicted molar refractivity (Wildman–Crippen MR) is 98.1 cm³/mol. The van der Waals surface area contributed by atoms with Gasteiger partial charge in [-0.1, -0.05) is 57.9 Å². The van der Waals surface area contributed by atoms with Crippen LogP contribution in [0.5, 0.6) is 0 Å². The van der Waals surface area contributed by atoms with Gasteiger partial charge in [-0.2, -0.15) is 5.10 Å². The standard InChI is InChI=1S/C16H13BrClN3S/c17-11-5-3-4-10(8-11)14-9-15(21(20-14)16(19)22)12-6-1-2-7-13(12)18/h1-8,15H,9H2,(H2,19,22). The second-order valence-electron chi connectivity index (χ2n) is 4.98. The van der Waals surface area contributed by atoms with Crippen LogP contribution >= 0.6 is 39.7 Å². The summed E-state index contributed by atoms with van der Waals surface area (Å²) in [6.45, 7) is 0. The van der Waals surface area contributed by atoms with Crippen LogP contribution < -0.4 is 5.73 Å². The number of nitrogens with two attached hydrogens (primary N) is 1. The van der Waals surface area contributed by atoms with Gasteiger partial charge in [-0.15, -0.1) is 0 Å². The molecule has 1 atom stereocenters. The summed E-state index contributed by atoms with van der Waals surface area (Å²) in [7, 11) is 0. The Labute approximate surface area is 147 Å². The average molecular weight is 395 g/mol. The van der Waals surface area contributed by atoms with E-state index < -0.39 is 0 Å². The molecular formula is C16H13BrClN3S. The van der Waals surface area contributed by atoms with Crippen LogP contribution in [-0.4, -0.2) is 15.8 Å². The number of benzene rings is 2. The van der Waals surface area contributed by atoms with Crippen molar-refractivity contribution in [2.45, 2.75) is 12.5 Å². The first-order valence-electron chi connectivity index (χ1n) is 6.73. The van der Waals surface area contributed by atoms with Crippen molar-refractivity contribution in [1.29, 1.82) is 0 Å². The number of hydrogen-bond donors (Lipinski definition) is 1. The molecule has 1 unspecified atom stereocenters. The monoisotopic (exact) mass is 393 g/mol. The van der Waals surface area contributed by atoms with Crippen molar-refractivity contribution < 1.29 is 0 Å². The molecule has 1 aliphatic heterocycles. The minimum atomic E-state index is -0.0693. The van der Waals surface area contributed by atoms with E-state index in [4.69, 9.17) is 29.6 Å². The Balaban J connectivity index is 1.99. The molecule has 3 rings (SSSR count). The topological polar surface area (TPSA) is 41.6 Å². The van der Waals surface area contributed by atoms with E-state index in [0.717, 1.165) is 21.3 Å². The van der Waals surface area contributed by atoms with Crippen molar-refractivity contribution in [2.24, 2.45) is 10.8 Å². The van der Waals surface area contributed by atoms with Gasteiger partial charge in [-0.05, 0) is 41.5 Å². The van der Waals surface area contributed by atoms with Gasteiger partial charge in [0.05, 0.1) is 11.8 Å². The Morgan fingerprint density at radius 3 is 2.73 bits per heavy atom. The molecule has 0 saturated heterocycles. The van der Waals surface area contributed by atoms with Crippen molar-refractivity contribution >= 4 is 50.6 Å². The highest BCUT2D eigenvalue weighted by molar-refractivity contribution is 9.10.